The molecule has 3 aromatic rings. The van der Waals surface area contributed by atoms with Gasteiger partial charge in [-0.1, -0.05) is 17.3 Å². The second kappa shape index (κ2) is 8.79. The van der Waals surface area contributed by atoms with E-state index in [4.69, 9.17) is 4.52 Å². The number of halogens is 1. The fraction of sp³-hybridized carbons (Fsp3) is 0.409. The first-order chi connectivity index (χ1) is 14.5. The van der Waals surface area contributed by atoms with E-state index < -0.39 is 0 Å². The van der Waals surface area contributed by atoms with Crippen LogP contribution >= 0.6 is 0 Å². The highest BCUT2D eigenvalue weighted by Crippen LogP contribution is 2.36. The van der Waals surface area contributed by atoms with Crippen molar-refractivity contribution < 1.29 is 18.8 Å². The highest BCUT2D eigenvalue weighted by Gasteiger charge is 2.32. The predicted molar refractivity (Wildman–Crippen MR) is 108 cm³/mol. The van der Waals surface area contributed by atoms with E-state index in [1.165, 1.54) is 12.1 Å². The molecule has 7 nitrogen and oxygen atoms in total. The molecule has 0 aliphatic carbocycles. The number of rotatable bonds is 6. The molecule has 3 heterocycles. The molecule has 4 rings (SSSR count). The van der Waals surface area contributed by atoms with Crippen molar-refractivity contribution in [2.75, 3.05) is 13.2 Å². The van der Waals surface area contributed by atoms with E-state index in [9.17, 15) is 14.3 Å². The summed E-state index contributed by atoms with van der Waals surface area (Å²) in [6.07, 6.45) is 4.65. The number of nitrogens with zero attached hydrogens (tertiary/aromatic N) is 4. The number of aryl methyl sites for hydroxylation is 1. The molecule has 1 N–H and O–H groups in total. The fourth-order valence-electron chi connectivity index (χ4n) is 4.02. The Bertz CT molecular complexity index is 1030. The Hall–Kier alpha value is -3.00. The van der Waals surface area contributed by atoms with Crippen LogP contribution in [0.4, 0.5) is 4.39 Å². The van der Waals surface area contributed by atoms with E-state index in [-0.39, 0.29) is 30.8 Å². The van der Waals surface area contributed by atoms with Crippen molar-refractivity contribution in [3.8, 4) is 11.3 Å². The molecule has 1 aliphatic heterocycles. The van der Waals surface area contributed by atoms with Gasteiger partial charge in [0.15, 0.2) is 5.76 Å². The van der Waals surface area contributed by atoms with Gasteiger partial charge < -0.3 is 14.5 Å². The zero-order chi connectivity index (χ0) is 21.1. The highest BCUT2D eigenvalue weighted by atomic mass is 19.1. The Labute approximate surface area is 174 Å². The second-order valence-corrected chi connectivity index (χ2v) is 7.65. The van der Waals surface area contributed by atoms with Crippen LogP contribution in [0.3, 0.4) is 0 Å². The SMILES string of the molecule is Cc1cc(-c2cn(CCO)nc2[C@@H]2CCCCN2C(=O)Cc2cccc(F)c2)on1. The molecule has 1 saturated heterocycles. The van der Waals surface area contributed by atoms with Crippen LogP contribution < -0.4 is 0 Å². The van der Waals surface area contributed by atoms with Gasteiger partial charge in [-0.15, -0.1) is 0 Å². The zero-order valence-corrected chi connectivity index (χ0v) is 16.9. The van der Waals surface area contributed by atoms with E-state index >= 15 is 0 Å². The van der Waals surface area contributed by atoms with Crippen LogP contribution in [0.15, 0.2) is 41.1 Å². The second-order valence-electron chi connectivity index (χ2n) is 7.65. The Morgan fingerprint density at radius 3 is 2.93 bits per heavy atom. The number of hydrogen-bond donors (Lipinski definition) is 1. The monoisotopic (exact) mass is 412 g/mol. The summed E-state index contributed by atoms with van der Waals surface area (Å²) >= 11 is 0. The number of likely N-dealkylation sites (tertiary alicyclic amines) is 1. The molecular formula is C22H25FN4O3. The Balaban J connectivity index is 1.66. The summed E-state index contributed by atoms with van der Waals surface area (Å²) in [4.78, 5) is 15.0. The number of amides is 1. The number of carbonyl (C=O) groups excluding carboxylic acids is 1. The lowest BCUT2D eigenvalue weighted by atomic mass is 9.95. The van der Waals surface area contributed by atoms with E-state index in [2.05, 4.69) is 10.3 Å². The minimum Gasteiger partial charge on any atom is -0.394 e. The summed E-state index contributed by atoms with van der Waals surface area (Å²) in [6.45, 7) is 2.79. The van der Waals surface area contributed by atoms with Crippen LogP contribution in [0.5, 0.6) is 0 Å². The van der Waals surface area contributed by atoms with Gasteiger partial charge in [0.05, 0.1) is 42.6 Å². The number of carbonyl (C=O) groups is 1. The molecule has 0 radical (unpaired) electrons. The van der Waals surface area contributed by atoms with E-state index in [1.807, 2.05) is 24.1 Å². The number of hydrogen-bond acceptors (Lipinski definition) is 5. The van der Waals surface area contributed by atoms with Gasteiger partial charge >= 0.3 is 0 Å². The number of benzene rings is 1. The largest absolute Gasteiger partial charge is 0.394 e. The zero-order valence-electron chi connectivity index (χ0n) is 16.9. The molecule has 1 aromatic carbocycles. The maximum absolute atomic E-state index is 13.5. The molecule has 0 bridgehead atoms. The standard InChI is InChI=1S/C22H25FN4O3/c1-15-11-20(30-25-15)18-14-26(9-10-28)24-22(18)19-7-2-3-8-27(19)21(29)13-16-5-4-6-17(23)12-16/h4-6,11-12,14,19,28H,2-3,7-10,13H2,1H3/t19-/m0/s1. The fourth-order valence-corrected chi connectivity index (χ4v) is 4.02. The minimum atomic E-state index is -0.346. The first kappa shape index (κ1) is 20.3. The Morgan fingerprint density at radius 2 is 2.20 bits per heavy atom. The van der Waals surface area contributed by atoms with Crippen LogP contribution in [-0.2, 0) is 17.8 Å². The van der Waals surface area contributed by atoms with Crippen LogP contribution in [0, 0.1) is 12.7 Å². The molecular weight excluding hydrogens is 387 g/mol. The number of aliphatic hydroxyl groups excluding tert-OH is 1. The first-order valence-corrected chi connectivity index (χ1v) is 10.2. The summed E-state index contributed by atoms with van der Waals surface area (Å²) in [5, 5.41) is 18.0. The van der Waals surface area contributed by atoms with Crippen molar-refractivity contribution in [3.63, 3.8) is 0 Å². The van der Waals surface area contributed by atoms with Crippen LogP contribution in [0.1, 0.15) is 42.3 Å². The highest BCUT2D eigenvalue weighted by molar-refractivity contribution is 5.79. The molecule has 0 unspecified atom stereocenters. The third-order valence-electron chi connectivity index (χ3n) is 5.40. The average Bonchev–Trinajstić information content (AvgIpc) is 3.34. The summed E-state index contributed by atoms with van der Waals surface area (Å²) in [7, 11) is 0. The van der Waals surface area contributed by atoms with Crippen LogP contribution in [0.2, 0.25) is 0 Å². The third-order valence-corrected chi connectivity index (χ3v) is 5.40. The van der Waals surface area contributed by atoms with E-state index in [0.29, 0.717) is 24.4 Å². The summed E-state index contributed by atoms with van der Waals surface area (Å²) in [6, 6.07) is 7.78. The molecule has 0 spiro atoms. The van der Waals surface area contributed by atoms with Gasteiger partial charge in [-0.2, -0.15) is 5.10 Å². The molecule has 30 heavy (non-hydrogen) atoms. The molecule has 158 valence electrons. The lowest BCUT2D eigenvalue weighted by Crippen LogP contribution is -2.39. The molecule has 1 atom stereocenters. The third kappa shape index (κ3) is 4.28. The lowest BCUT2D eigenvalue weighted by molar-refractivity contribution is -0.134. The molecule has 1 aliphatic rings. The minimum absolute atomic E-state index is 0.0388. The van der Waals surface area contributed by atoms with Gasteiger partial charge in [0.2, 0.25) is 5.91 Å². The molecule has 1 amide bonds. The Kier molecular flexibility index (Phi) is 5.94. The van der Waals surface area contributed by atoms with Gasteiger partial charge in [-0.05, 0) is 43.9 Å². The van der Waals surface area contributed by atoms with Crippen LogP contribution in [0.25, 0.3) is 11.3 Å². The molecule has 0 saturated carbocycles. The summed E-state index contributed by atoms with van der Waals surface area (Å²) < 4.78 is 20.7. The normalized spacial score (nSPS) is 16.8. The quantitative estimate of drug-likeness (QED) is 0.672. The number of piperidine rings is 1. The summed E-state index contributed by atoms with van der Waals surface area (Å²) in [5.74, 6) is 0.192. The number of aromatic nitrogens is 3. The van der Waals surface area contributed by atoms with Gasteiger partial charge in [-0.25, -0.2) is 4.39 Å². The molecule has 8 heteroatoms. The lowest BCUT2D eigenvalue weighted by Gasteiger charge is -2.35. The van der Waals surface area contributed by atoms with Gasteiger partial charge in [0, 0.05) is 18.8 Å². The van der Waals surface area contributed by atoms with Crippen molar-refractivity contribution in [2.24, 2.45) is 0 Å². The van der Waals surface area contributed by atoms with E-state index in [1.54, 1.807) is 16.8 Å². The van der Waals surface area contributed by atoms with Gasteiger partial charge in [0.1, 0.15) is 5.82 Å². The number of aliphatic hydroxyl groups is 1. The van der Waals surface area contributed by atoms with Crippen molar-refractivity contribution in [3.05, 3.63) is 59.3 Å². The smallest absolute Gasteiger partial charge is 0.227 e. The maximum Gasteiger partial charge on any atom is 0.227 e. The van der Waals surface area contributed by atoms with Crippen LogP contribution in [-0.4, -0.2) is 44.0 Å². The summed E-state index contributed by atoms with van der Waals surface area (Å²) in [5.41, 5.74) is 2.93. The molecule has 2 aromatic heterocycles. The average molecular weight is 412 g/mol. The van der Waals surface area contributed by atoms with Crippen molar-refractivity contribution in [2.45, 2.75) is 45.2 Å². The van der Waals surface area contributed by atoms with Crippen molar-refractivity contribution >= 4 is 5.91 Å². The molecule has 1 fully saturated rings. The van der Waals surface area contributed by atoms with Crippen molar-refractivity contribution in [1.29, 1.82) is 0 Å². The maximum atomic E-state index is 13.5. The van der Waals surface area contributed by atoms with Gasteiger partial charge in [-0.3, -0.25) is 9.48 Å². The van der Waals surface area contributed by atoms with Gasteiger partial charge in [0.25, 0.3) is 0 Å². The first-order valence-electron chi connectivity index (χ1n) is 10.2. The topological polar surface area (TPSA) is 84.4 Å². The predicted octanol–water partition coefficient (Wildman–Crippen LogP) is 3.27. The van der Waals surface area contributed by atoms with Crippen molar-refractivity contribution in [1.82, 2.24) is 19.8 Å². The Morgan fingerprint density at radius 1 is 1.33 bits per heavy atom. The van der Waals surface area contributed by atoms with E-state index in [0.717, 1.165) is 36.2 Å².